The van der Waals surface area contributed by atoms with Crippen LogP contribution in [0.5, 0.6) is 0 Å². The van der Waals surface area contributed by atoms with Crippen LogP contribution in [0.4, 0.5) is 10.1 Å². The van der Waals surface area contributed by atoms with Gasteiger partial charge < -0.3 is 20.3 Å². The van der Waals surface area contributed by atoms with Gasteiger partial charge in [-0.15, -0.1) is 0 Å². The number of aromatic carboxylic acids is 1. The summed E-state index contributed by atoms with van der Waals surface area (Å²) in [5.41, 5.74) is -0.00855. The van der Waals surface area contributed by atoms with Gasteiger partial charge in [0.25, 0.3) is 0 Å². The third-order valence-electron chi connectivity index (χ3n) is 4.45. The minimum Gasteiger partial charge on any atom is -0.477 e. The summed E-state index contributed by atoms with van der Waals surface area (Å²) < 4.78 is 14.9. The van der Waals surface area contributed by atoms with Gasteiger partial charge >= 0.3 is 5.97 Å². The van der Waals surface area contributed by atoms with E-state index in [1.54, 1.807) is 6.07 Å². The number of carboxylic acids is 1. The number of benzene rings is 1. The number of halogens is 1. The summed E-state index contributed by atoms with van der Waals surface area (Å²) in [6.07, 6.45) is 1.16. The van der Waals surface area contributed by atoms with Crippen LogP contribution in [0.25, 0.3) is 10.9 Å². The number of carbonyl (C=O) groups is 1. The molecule has 0 amide bonds. The zero-order chi connectivity index (χ0) is 17.6. The van der Waals surface area contributed by atoms with Crippen molar-refractivity contribution in [2.75, 3.05) is 18.0 Å². The number of piperazine rings is 1. The molecule has 1 aliphatic heterocycles. The number of nitrogens with one attached hydrogen (secondary N) is 2. The van der Waals surface area contributed by atoms with Crippen molar-refractivity contribution in [1.29, 1.82) is 0 Å². The van der Waals surface area contributed by atoms with Gasteiger partial charge in [-0.25, -0.2) is 9.18 Å². The number of carboxylic acid groups (broad SMARTS) is 1. The van der Waals surface area contributed by atoms with Crippen LogP contribution in [0.1, 0.15) is 29.8 Å². The van der Waals surface area contributed by atoms with Crippen LogP contribution in [-0.2, 0) is 0 Å². The molecule has 1 aromatic carbocycles. The Morgan fingerprint density at radius 2 is 1.96 bits per heavy atom. The lowest BCUT2D eigenvalue weighted by molar-refractivity contribution is 0.0695. The van der Waals surface area contributed by atoms with Gasteiger partial charge in [-0.1, -0.05) is 0 Å². The lowest BCUT2D eigenvalue weighted by Gasteiger charge is -2.38. The van der Waals surface area contributed by atoms with Crippen LogP contribution in [0.15, 0.2) is 17.1 Å². The number of anilines is 1. The quantitative estimate of drug-likeness (QED) is 0.781. The Kier molecular flexibility index (Phi) is 4.04. The van der Waals surface area contributed by atoms with Gasteiger partial charge in [0.05, 0.1) is 16.6 Å². The second kappa shape index (κ2) is 5.90. The number of hydrogen-bond acceptors (Lipinski definition) is 4. The molecule has 2 aromatic rings. The van der Waals surface area contributed by atoms with E-state index in [4.69, 9.17) is 5.11 Å². The molecular weight excluding hydrogens is 313 g/mol. The Labute approximate surface area is 138 Å². The topological polar surface area (TPSA) is 85.4 Å². The SMILES string of the molecule is Cc1c(F)c(N2CC(C)NC(C)C2)cc2[nH]cc(C(=O)O)c(=O)c12. The second-order valence-corrected chi connectivity index (χ2v) is 6.47. The molecule has 2 atom stereocenters. The fourth-order valence-corrected chi connectivity index (χ4v) is 3.45. The summed E-state index contributed by atoms with van der Waals surface area (Å²) in [7, 11) is 0. The molecule has 1 aliphatic rings. The number of hydrogen-bond donors (Lipinski definition) is 3. The standard InChI is InChI=1S/C17H20FN3O3/c1-8-6-21(7-9(2)20-8)13-4-12-14(10(3)15(13)18)16(22)11(5-19-12)17(23)24/h4-5,8-9,20H,6-7H2,1-3H3,(H,19,22)(H,23,24). The van der Waals surface area contributed by atoms with Gasteiger partial charge in [-0.2, -0.15) is 0 Å². The van der Waals surface area contributed by atoms with Crippen LogP contribution in [0, 0.1) is 12.7 Å². The Morgan fingerprint density at radius 3 is 2.54 bits per heavy atom. The molecule has 0 spiro atoms. The first-order valence-electron chi connectivity index (χ1n) is 7.88. The number of H-pyrrole nitrogens is 1. The van der Waals surface area contributed by atoms with Crippen LogP contribution < -0.4 is 15.6 Å². The van der Waals surface area contributed by atoms with Crippen molar-refractivity contribution in [1.82, 2.24) is 10.3 Å². The number of pyridine rings is 1. The van der Waals surface area contributed by atoms with E-state index in [0.717, 1.165) is 6.20 Å². The molecule has 0 saturated carbocycles. The third kappa shape index (κ3) is 2.65. The third-order valence-corrected chi connectivity index (χ3v) is 4.45. The van der Waals surface area contributed by atoms with E-state index in [1.807, 2.05) is 18.7 Å². The van der Waals surface area contributed by atoms with E-state index in [0.29, 0.717) is 24.3 Å². The molecule has 0 bridgehead atoms. The molecule has 3 N–H and O–H groups in total. The number of aromatic amines is 1. The first-order valence-corrected chi connectivity index (χ1v) is 7.88. The van der Waals surface area contributed by atoms with Crippen LogP contribution >= 0.6 is 0 Å². The Balaban J connectivity index is 2.19. The number of rotatable bonds is 2. The molecule has 2 heterocycles. The zero-order valence-electron chi connectivity index (χ0n) is 13.8. The average Bonchev–Trinajstić information content (AvgIpc) is 2.49. The summed E-state index contributed by atoms with van der Waals surface area (Å²) in [6.45, 7) is 6.90. The predicted molar refractivity (Wildman–Crippen MR) is 90.5 cm³/mol. The fraction of sp³-hybridized carbons (Fsp3) is 0.412. The van der Waals surface area contributed by atoms with E-state index in [-0.39, 0.29) is 28.6 Å². The largest absolute Gasteiger partial charge is 0.477 e. The maximum atomic E-state index is 14.9. The van der Waals surface area contributed by atoms with E-state index >= 15 is 0 Å². The fourth-order valence-electron chi connectivity index (χ4n) is 3.45. The zero-order valence-corrected chi connectivity index (χ0v) is 13.8. The molecule has 0 aliphatic carbocycles. The minimum absolute atomic E-state index is 0.0902. The van der Waals surface area contributed by atoms with Crippen LogP contribution in [-0.4, -0.2) is 41.2 Å². The van der Waals surface area contributed by atoms with Gasteiger partial charge in [-0.3, -0.25) is 4.79 Å². The van der Waals surface area contributed by atoms with E-state index in [1.165, 1.54) is 6.92 Å². The second-order valence-electron chi connectivity index (χ2n) is 6.47. The molecule has 0 radical (unpaired) electrons. The highest BCUT2D eigenvalue weighted by Gasteiger charge is 2.25. The lowest BCUT2D eigenvalue weighted by Crippen LogP contribution is -2.54. The Morgan fingerprint density at radius 1 is 1.33 bits per heavy atom. The predicted octanol–water partition coefficient (Wildman–Crippen LogP) is 1.86. The summed E-state index contributed by atoms with van der Waals surface area (Å²) >= 11 is 0. The molecule has 3 rings (SSSR count). The van der Waals surface area contributed by atoms with Gasteiger partial charge in [0.2, 0.25) is 5.43 Å². The van der Waals surface area contributed by atoms with Crippen molar-refractivity contribution in [2.24, 2.45) is 0 Å². The molecule has 24 heavy (non-hydrogen) atoms. The molecule has 6 nitrogen and oxygen atoms in total. The van der Waals surface area contributed by atoms with Crippen molar-refractivity contribution in [3.8, 4) is 0 Å². The average molecular weight is 333 g/mol. The number of aromatic nitrogens is 1. The van der Waals surface area contributed by atoms with Gasteiger partial charge in [0, 0.05) is 36.9 Å². The van der Waals surface area contributed by atoms with E-state index in [2.05, 4.69) is 10.3 Å². The molecule has 1 aromatic heterocycles. The summed E-state index contributed by atoms with van der Waals surface area (Å²) in [4.78, 5) is 28.2. The van der Waals surface area contributed by atoms with Crippen molar-refractivity contribution in [3.63, 3.8) is 0 Å². The van der Waals surface area contributed by atoms with Crippen LogP contribution in [0.2, 0.25) is 0 Å². The minimum atomic E-state index is -1.33. The highest BCUT2D eigenvalue weighted by molar-refractivity contribution is 5.94. The highest BCUT2D eigenvalue weighted by atomic mass is 19.1. The maximum Gasteiger partial charge on any atom is 0.341 e. The lowest BCUT2D eigenvalue weighted by atomic mass is 10.0. The highest BCUT2D eigenvalue weighted by Crippen LogP contribution is 2.29. The first kappa shape index (κ1) is 16.4. The Hall–Kier alpha value is -2.41. The van der Waals surface area contributed by atoms with Gasteiger partial charge in [-0.05, 0) is 26.8 Å². The molecular formula is C17H20FN3O3. The molecule has 128 valence electrons. The smallest absolute Gasteiger partial charge is 0.341 e. The van der Waals surface area contributed by atoms with Gasteiger partial charge in [0.1, 0.15) is 11.4 Å². The van der Waals surface area contributed by atoms with Crippen molar-refractivity contribution < 1.29 is 14.3 Å². The van der Waals surface area contributed by atoms with Gasteiger partial charge in [0.15, 0.2) is 0 Å². The van der Waals surface area contributed by atoms with Crippen molar-refractivity contribution >= 4 is 22.6 Å². The summed E-state index contributed by atoms with van der Waals surface area (Å²) in [5.74, 6) is -1.80. The molecule has 1 saturated heterocycles. The van der Waals surface area contributed by atoms with E-state index < -0.39 is 17.2 Å². The number of fused-ring (bicyclic) bond motifs is 1. The summed E-state index contributed by atoms with van der Waals surface area (Å²) in [6, 6.07) is 2.03. The maximum absolute atomic E-state index is 14.9. The van der Waals surface area contributed by atoms with Crippen molar-refractivity contribution in [3.05, 3.63) is 39.4 Å². The van der Waals surface area contributed by atoms with Crippen LogP contribution in [0.3, 0.4) is 0 Å². The normalized spacial score (nSPS) is 21.2. The Bertz CT molecular complexity index is 867. The number of aryl methyl sites for hydroxylation is 1. The summed E-state index contributed by atoms with van der Waals surface area (Å²) in [5, 5.41) is 12.6. The first-order chi connectivity index (χ1) is 11.3. The van der Waals surface area contributed by atoms with E-state index in [9.17, 15) is 14.0 Å². The molecule has 2 unspecified atom stereocenters. The monoisotopic (exact) mass is 333 g/mol. The molecule has 7 heteroatoms. The number of nitrogens with zero attached hydrogens (tertiary/aromatic N) is 1. The van der Waals surface area contributed by atoms with Crippen molar-refractivity contribution in [2.45, 2.75) is 32.9 Å². The molecule has 1 fully saturated rings.